The third-order valence-electron chi connectivity index (χ3n) is 7.83. The molecule has 2 amide bonds. The molecule has 262 valence electrons. The van der Waals surface area contributed by atoms with Gasteiger partial charge in [0.05, 0.1) is 25.4 Å². The lowest BCUT2D eigenvalue weighted by Gasteiger charge is -2.25. The Kier molecular flexibility index (Phi) is 19.7. The van der Waals surface area contributed by atoms with E-state index in [1.165, 1.54) is 12.8 Å². The van der Waals surface area contributed by atoms with Crippen LogP contribution in [0.3, 0.4) is 0 Å². The Hall–Kier alpha value is -3.12. The van der Waals surface area contributed by atoms with Crippen molar-refractivity contribution in [2.45, 2.75) is 128 Å². The van der Waals surface area contributed by atoms with Gasteiger partial charge < -0.3 is 39.1 Å². The van der Waals surface area contributed by atoms with Crippen molar-refractivity contribution < 1.29 is 47.6 Å². The zero-order valence-corrected chi connectivity index (χ0v) is 27.9. The van der Waals surface area contributed by atoms with E-state index >= 15 is 0 Å². The number of amides is 2. The Morgan fingerprint density at radius 1 is 0.587 bits per heavy atom. The quantitative estimate of drug-likeness (QED) is 0.0687. The van der Waals surface area contributed by atoms with Gasteiger partial charge in [0.15, 0.2) is 12.2 Å². The van der Waals surface area contributed by atoms with Gasteiger partial charge in [0, 0.05) is 24.2 Å². The van der Waals surface area contributed by atoms with E-state index < -0.39 is 36.3 Å². The maximum absolute atomic E-state index is 12.4. The van der Waals surface area contributed by atoms with Crippen LogP contribution in [0.5, 0.6) is 0 Å². The normalized spacial score (nSPS) is 16.8. The number of hydrogen-bond acceptors (Lipinski definition) is 10. The van der Waals surface area contributed by atoms with Crippen LogP contribution in [0.2, 0.25) is 0 Å². The van der Waals surface area contributed by atoms with Crippen molar-refractivity contribution >= 4 is 24.1 Å². The smallest absolute Gasteiger partial charge is 0.407 e. The summed E-state index contributed by atoms with van der Waals surface area (Å²) in [5, 5.41) is 5.47. The first-order valence-electron chi connectivity index (χ1n) is 16.9. The molecular formula is C34H56N2O10. The number of carbonyl (C=O) groups excluding carboxylic acids is 4. The molecule has 2 fully saturated rings. The van der Waals surface area contributed by atoms with Crippen molar-refractivity contribution in [2.24, 2.45) is 0 Å². The number of hydrogen-bond donors (Lipinski definition) is 2. The highest BCUT2D eigenvalue weighted by atomic mass is 16.6. The van der Waals surface area contributed by atoms with Crippen molar-refractivity contribution in [3.8, 4) is 0 Å². The molecule has 0 heterocycles. The molecule has 2 N–H and O–H groups in total. The van der Waals surface area contributed by atoms with E-state index in [0.717, 1.165) is 77.0 Å². The number of unbranched alkanes of at least 4 members (excludes halogenated alkanes) is 3. The fraction of sp³-hybridized carbons (Fsp3) is 0.765. The fourth-order valence-corrected chi connectivity index (χ4v) is 5.14. The van der Waals surface area contributed by atoms with E-state index in [1.54, 1.807) is 13.8 Å². The van der Waals surface area contributed by atoms with Gasteiger partial charge in [-0.05, 0) is 52.4 Å². The monoisotopic (exact) mass is 652 g/mol. The molecule has 0 aromatic carbocycles. The molecule has 0 radical (unpaired) electrons. The first-order valence-corrected chi connectivity index (χ1v) is 16.9. The third-order valence-corrected chi connectivity index (χ3v) is 7.83. The summed E-state index contributed by atoms with van der Waals surface area (Å²) in [6, 6.07) is 0. The van der Waals surface area contributed by atoms with E-state index in [2.05, 4.69) is 23.8 Å². The molecule has 2 atom stereocenters. The van der Waals surface area contributed by atoms with Crippen molar-refractivity contribution in [1.29, 1.82) is 0 Å². The summed E-state index contributed by atoms with van der Waals surface area (Å²) in [6.45, 7) is 11.2. The van der Waals surface area contributed by atoms with Crippen LogP contribution in [-0.2, 0) is 38.0 Å². The molecule has 0 aromatic rings. The van der Waals surface area contributed by atoms with Gasteiger partial charge >= 0.3 is 24.1 Å². The summed E-state index contributed by atoms with van der Waals surface area (Å²) in [5.74, 6) is -1.08. The standard InChI is InChI=1S/C34H56N2O10/c1-25(2)31(37)43-23-29(21-41-27-15-9-7-10-16-27)45-33(39)35-19-13-5-6-14-20-36-34(40)46-30(24-44-32(38)26(3)4)22-42-28-17-11-8-12-18-28/h27-30H,1,3,5-24H2,2,4H3,(H,35,39)(H,36,40). The average molecular weight is 653 g/mol. The van der Waals surface area contributed by atoms with E-state index in [-0.39, 0.29) is 49.8 Å². The SMILES string of the molecule is C=C(C)C(=O)OCC(COC1CCCCC1)OC(=O)NCCCCCCNC(=O)OC(COC(=O)C(=C)C)COC1CCCCC1. The molecule has 0 saturated heterocycles. The zero-order chi connectivity index (χ0) is 33.6. The van der Waals surface area contributed by atoms with Gasteiger partial charge in [0.1, 0.15) is 13.2 Å². The van der Waals surface area contributed by atoms with Crippen LogP contribution in [0.4, 0.5) is 9.59 Å². The van der Waals surface area contributed by atoms with E-state index in [9.17, 15) is 19.2 Å². The molecule has 12 nitrogen and oxygen atoms in total. The summed E-state index contributed by atoms with van der Waals surface area (Å²) < 4.78 is 33.2. The first kappa shape index (κ1) is 39.1. The average Bonchev–Trinajstić information content (AvgIpc) is 3.05. The zero-order valence-electron chi connectivity index (χ0n) is 27.9. The van der Waals surface area contributed by atoms with Gasteiger partial charge in [-0.1, -0.05) is 64.5 Å². The van der Waals surface area contributed by atoms with E-state index in [0.29, 0.717) is 13.1 Å². The summed E-state index contributed by atoms with van der Waals surface area (Å²) in [7, 11) is 0. The number of alkyl carbamates (subject to hydrolysis) is 2. The molecule has 0 aliphatic heterocycles. The van der Waals surface area contributed by atoms with Gasteiger partial charge in [0.25, 0.3) is 0 Å². The Labute approximate surface area is 274 Å². The second kappa shape index (κ2) is 23.2. The lowest BCUT2D eigenvalue weighted by Crippen LogP contribution is -2.36. The topological polar surface area (TPSA) is 148 Å². The van der Waals surface area contributed by atoms with Crippen LogP contribution in [0, 0.1) is 0 Å². The van der Waals surface area contributed by atoms with Crippen LogP contribution < -0.4 is 10.6 Å². The van der Waals surface area contributed by atoms with Crippen molar-refractivity contribution in [3.05, 3.63) is 24.3 Å². The summed E-state index contributed by atoms with van der Waals surface area (Å²) in [4.78, 5) is 48.4. The van der Waals surface area contributed by atoms with Gasteiger partial charge in [-0.25, -0.2) is 19.2 Å². The molecule has 12 heteroatoms. The Balaban J connectivity index is 1.61. The minimum Gasteiger partial charge on any atom is -0.458 e. The summed E-state index contributed by atoms with van der Waals surface area (Å²) in [6.07, 6.45) is 11.5. The van der Waals surface area contributed by atoms with Crippen LogP contribution in [0.1, 0.15) is 104 Å². The van der Waals surface area contributed by atoms with Crippen molar-refractivity contribution in [1.82, 2.24) is 10.6 Å². The number of esters is 2. The lowest BCUT2D eigenvalue weighted by atomic mass is 9.98. The van der Waals surface area contributed by atoms with Gasteiger partial charge in [0.2, 0.25) is 0 Å². The molecule has 0 spiro atoms. The van der Waals surface area contributed by atoms with Crippen LogP contribution >= 0.6 is 0 Å². The number of nitrogens with one attached hydrogen (secondary N) is 2. The summed E-state index contributed by atoms with van der Waals surface area (Å²) in [5.41, 5.74) is 0.544. The Morgan fingerprint density at radius 3 is 1.30 bits per heavy atom. The molecule has 2 rings (SSSR count). The van der Waals surface area contributed by atoms with Crippen LogP contribution in [0.15, 0.2) is 24.3 Å². The molecule has 2 aliphatic carbocycles. The number of carbonyl (C=O) groups is 4. The lowest BCUT2D eigenvalue weighted by molar-refractivity contribution is -0.144. The number of ether oxygens (including phenoxy) is 6. The predicted octanol–water partition coefficient (Wildman–Crippen LogP) is 5.67. The maximum Gasteiger partial charge on any atom is 0.407 e. The van der Waals surface area contributed by atoms with Gasteiger partial charge in [-0.15, -0.1) is 0 Å². The molecule has 2 unspecified atom stereocenters. The van der Waals surface area contributed by atoms with Crippen LogP contribution in [-0.4, -0.2) is 88.1 Å². The minimum atomic E-state index is -0.715. The number of rotatable bonds is 21. The largest absolute Gasteiger partial charge is 0.458 e. The Bertz CT molecular complexity index is 884. The second-order valence-electron chi connectivity index (χ2n) is 12.3. The predicted molar refractivity (Wildman–Crippen MR) is 172 cm³/mol. The highest BCUT2D eigenvalue weighted by molar-refractivity contribution is 5.87. The minimum absolute atomic E-state index is 0.102. The van der Waals surface area contributed by atoms with Gasteiger partial charge in [-0.2, -0.15) is 0 Å². The second-order valence-corrected chi connectivity index (χ2v) is 12.3. The highest BCUT2D eigenvalue weighted by Gasteiger charge is 2.23. The van der Waals surface area contributed by atoms with Gasteiger partial charge in [-0.3, -0.25) is 0 Å². The fourth-order valence-electron chi connectivity index (χ4n) is 5.14. The molecule has 46 heavy (non-hydrogen) atoms. The molecular weight excluding hydrogens is 596 g/mol. The van der Waals surface area contributed by atoms with E-state index in [4.69, 9.17) is 28.4 Å². The van der Waals surface area contributed by atoms with Crippen molar-refractivity contribution in [3.63, 3.8) is 0 Å². The first-order chi connectivity index (χ1) is 22.1. The molecule has 2 aliphatic rings. The maximum atomic E-state index is 12.4. The highest BCUT2D eigenvalue weighted by Crippen LogP contribution is 2.21. The Morgan fingerprint density at radius 2 is 0.957 bits per heavy atom. The molecule has 0 aromatic heterocycles. The summed E-state index contributed by atoms with van der Waals surface area (Å²) >= 11 is 0. The molecule has 2 saturated carbocycles. The van der Waals surface area contributed by atoms with E-state index in [1.807, 2.05) is 0 Å². The van der Waals surface area contributed by atoms with Crippen molar-refractivity contribution in [2.75, 3.05) is 39.5 Å². The molecule has 0 bridgehead atoms. The third kappa shape index (κ3) is 18.1. The van der Waals surface area contributed by atoms with Crippen LogP contribution in [0.25, 0.3) is 0 Å².